The van der Waals surface area contributed by atoms with Crippen molar-refractivity contribution in [3.8, 4) is 5.75 Å². The molecule has 0 spiro atoms. The number of hydrogen-bond donors (Lipinski definition) is 1. The minimum atomic E-state index is -4.21. The molecule has 0 bridgehead atoms. The van der Waals surface area contributed by atoms with E-state index in [4.69, 9.17) is 27.9 Å². The molecule has 0 aromatic heterocycles. The van der Waals surface area contributed by atoms with Crippen molar-refractivity contribution in [2.75, 3.05) is 18.0 Å². The minimum Gasteiger partial charge on any atom is -0.497 e. The maximum atomic E-state index is 14.5. The van der Waals surface area contributed by atoms with Crippen LogP contribution in [0.4, 0.5) is 5.69 Å². The highest BCUT2D eigenvalue weighted by molar-refractivity contribution is 7.92. The summed E-state index contributed by atoms with van der Waals surface area (Å²) in [6, 6.07) is 27.5. The molecule has 0 fully saturated rings. The molecule has 8 nitrogen and oxygen atoms in total. The van der Waals surface area contributed by atoms with E-state index >= 15 is 0 Å². The number of sulfonamides is 1. The van der Waals surface area contributed by atoms with Crippen LogP contribution in [0.25, 0.3) is 0 Å². The van der Waals surface area contributed by atoms with Crippen LogP contribution in [0.3, 0.4) is 0 Å². The van der Waals surface area contributed by atoms with Crippen molar-refractivity contribution in [2.24, 2.45) is 0 Å². The van der Waals surface area contributed by atoms with E-state index in [9.17, 15) is 18.0 Å². The minimum absolute atomic E-state index is 0.0185. The molecule has 4 rings (SSSR count). The zero-order chi connectivity index (χ0) is 33.3. The molecule has 2 atom stereocenters. The highest BCUT2D eigenvalue weighted by Gasteiger charge is 2.35. The average molecular weight is 683 g/mol. The van der Waals surface area contributed by atoms with Gasteiger partial charge in [-0.3, -0.25) is 13.9 Å². The Hall–Kier alpha value is -4.05. The van der Waals surface area contributed by atoms with Crippen molar-refractivity contribution in [2.45, 2.75) is 50.2 Å². The van der Waals surface area contributed by atoms with E-state index < -0.39 is 28.5 Å². The third kappa shape index (κ3) is 8.81. The molecule has 0 aliphatic carbocycles. The van der Waals surface area contributed by atoms with E-state index in [1.165, 1.54) is 24.1 Å². The van der Waals surface area contributed by atoms with E-state index in [2.05, 4.69) is 5.32 Å². The number of carbonyl (C=O) groups is 2. The number of amides is 2. The highest BCUT2D eigenvalue weighted by atomic mass is 35.5. The summed E-state index contributed by atoms with van der Waals surface area (Å²) in [5.41, 5.74) is 1.72. The van der Waals surface area contributed by atoms with E-state index in [1.54, 1.807) is 60.7 Å². The molecule has 0 saturated carbocycles. The van der Waals surface area contributed by atoms with E-state index in [-0.39, 0.29) is 35.5 Å². The van der Waals surface area contributed by atoms with Gasteiger partial charge in [-0.05, 0) is 73.0 Å². The number of benzene rings is 4. The van der Waals surface area contributed by atoms with Crippen molar-refractivity contribution in [3.05, 3.63) is 124 Å². The van der Waals surface area contributed by atoms with Gasteiger partial charge in [0.2, 0.25) is 11.8 Å². The van der Waals surface area contributed by atoms with Crippen molar-refractivity contribution in [3.63, 3.8) is 0 Å². The Bertz CT molecular complexity index is 1720. The maximum absolute atomic E-state index is 14.5. The van der Waals surface area contributed by atoms with Gasteiger partial charge in [0.05, 0.1) is 27.7 Å². The second-order valence-corrected chi connectivity index (χ2v) is 13.5. The summed E-state index contributed by atoms with van der Waals surface area (Å²) in [7, 11) is -2.70. The number of nitrogens with zero attached hydrogens (tertiary/aromatic N) is 2. The predicted octanol–water partition coefficient (Wildman–Crippen LogP) is 6.75. The summed E-state index contributed by atoms with van der Waals surface area (Å²) in [5.74, 6) is -0.409. The van der Waals surface area contributed by atoms with E-state index in [0.717, 1.165) is 9.87 Å². The van der Waals surface area contributed by atoms with Gasteiger partial charge in [0.15, 0.2) is 0 Å². The number of ether oxygens (including phenoxy) is 1. The molecule has 46 heavy (non-hydrogen) atoms. The summed E-state index contributed by atoms with van der Waals surface area (Å²) >= 11 is 12.5. The van der Waals surface area contributed by atoms with E-state index in [1.807, 2.05) is 44.2 Å². The summed E-state index contributed by atoms with van der Waals surface area (Å²) in [6.45, 7) is 3.24. The van der Waals surface area contributed by atoms with Crippen LogP contribution in [0.2, 0.25) is 10.0 Å². The molecule has 0 aliphatic rings. The van der Waals surface area contributed by atoms with Crippen LogP contribution in [-0.2, 0) is 32.6 Å². The first-order chi connectivity index (χ1) is 22.0. The maximum Gasteiger partial charge on any atom is 0.264 e. The molecular weight excluding hydrogens is 645 g/mol. The van der Waals surface area contributed by atoms with Gasteiger partial charge >= 0.3 is 0 Å². The molecule has 4 aromatic rings. The molecule has 4 aromatic carbocycles. The molecule has 0 radical (unpaired) electrons. The Morgan fingerprint density at radius 3 is 2.07 bits per heavy atom. The van der Waals surface area contributed by atoms with Crippen LogP contribution in [0.5, 0.6) is 5.75 Å². The number of hydrogen-bond acceptors (Lipinski definition) is 5. The number of rotatable bonds is 14. The van der Waals surface area contributed by atoms with Crippen molar-refractivity contribution in [1.29, 1.82) is 0 Å². The number of anilines is 1. The van der Waals surface area contributed by atoms with Crippen molar-refractivity contribution < 1.29 is 22.7 Å². The first kappa shape index (κ1) is 34.8. The molecule has 0 heterocycles. The standard InChI is InChI=1S/C35H37Cl2N3O5S/c1-4-25(2)38-35(42)33(22-26-11-7-5-8-12-26)39(23-27-15-20-31(36)32(37)21-27)34(41)24-40(28-16-18-29(45-3)19-17-28)46(43,44)30-13-9-6-10-14-30/h5-21,25,33H,4,22-24H2,1-3H3,(H,38,42)/t25-,33-/m0/s1. The lowest BCUT2D eigenvalue weighted by Gasteiger charge is -2.34. The topological polar surface area (TPSA) is 96.0 Å². The first-order valence-electron chi connectivity index (χ1n) is 14.8. The van der Waals surface area contributed by atoms with Gasteiger partial charge in [0, 0.05) is 19.0 Å². The molecule has 1 N–H and O–H groups in total. The van der Waals surface area contributed by atoms with Crippen molar-refractivity contribution >= 4 is 50.7 Å². The quantitative estimate of drug-likeness (QED) is 0.159. The average Bonchev–Trinajstić information content (AvgIpc) is 3.07. The van der Waals surface area contributed by atoms with Gasteiger partial charge in [-0.25, -0.2) is 8.42 Å². The summed E-state index contributed by atoms with van der Waals surface area (Å²) in [4.78, 5) is 29.9. The third-order valence-electron chi connectivity index (χ3n) is 7.58. The van der Waals surface area contributed by atoms with E-state index in [0.29, 0.717) is 27.8 Å². The number of nitrogens with one attached hydrogen (secondary N) is 1. The summed E-state index contributed by atoms with van der Waals surface area (Å²) in [6.07, 6.45) is 0.884. The Balaban J connectivity index is 1.81. The zero-order valence-electron chi connectivity index (χ0n) is 25.9. The van der Waals surface area contributed by atoms with Crippen LogP contribution in [-0.4, -0.2) is 50.9 Å². The molecule has 2 amide bonds. The lowest BCUT2D eigenvalue weighted by atomic mass is 10.0. The van der Waals surface area contributed by atoms with Crippen molar-refractivity contribution in [1.82, 2.24) is 10.2 Å². The first-order valence-corrected chi connectivity index (χ1v) is 17.0. The van der Waals surface area contributed by atoms with Crippen LogP contribution in [0.1, 0.15) is 31.4 Å². The lowest BCUT2D eigenvalue weighted by molar-refractivity contribution is -0.140. The van der Waals surface area contributed by atoms with Gasteiger partial charge in [0.25, 0.3) is 10.0 Å². The largest absolute Gasteiger partial charge is 0.497 e. The fourth-order valence-electron chi connectivity index (χ4n) is 4.83. The number of carbonyl (C=O) groups excluding carboxylic acids is 2. The Morgan fingerprint density at radius 2 is 1.48 bits per heavy atom. The van der Waals surface area contributed by atoms with Crippen LogP contribution >= 0.6 is 23.2 Å². The number of halogens is 2. The SMILES string of the molecule is CC[C@H](C)NC(=O)[C@H](Cc1ccccc1)N(Cc1ccc(Cl)c(Cl)c1)C(=O)CN(c1ccc(OC)cc1)S(=O)(=O)c1ccccc1. The van der Waals surface area contributed by atoms with Crippen LogP contribution in [0, 0.1) is 0 Å². The summed E-state index contributed by atoms with van der Waals surface area (Å²) in [5, 5.41) is 3.66. The smallest absolute Gasteiger partial charge is 0.264 e. The predicted molar refractivity (Wildman–Crippen MR) is 183 cm³/mol. The zero-order valence-corrected chi connectivity index (χ0v) is 28.2. The second kappa shape index (κ2) is 16.0. The molecule has 11 heteroatoms. The van der Waals surface area contributed by atoms with Gasteiger partial charge in [-0.2, -0.15) is 0 Å². The Labute approximate surface area is 280 Å². The van der Waals surface area contributed by atoms with Gasteiger partial charge < -0.3 is 15.0 Å². The highest BCUT2D eigenvalue weighted by Crippen LogP contribution is 2.28. The monoisotopic (exact) mass is 681 g/mol. The Kier molecular flexibility index (Phi) is 12.1. The Morgan fingerprint density at radius 1 is 0.848 bits per heavy atom. The molecule has 0 saturated heterocycles. The molecule has 242 valence electrons. The normalized spacial score (nSPS) is 12.5. The van der Waals surface area contributed by atoms with Gasteiger partial charge in [-0.15, -0.1) is 0 Å². The third-order valence-corrected chi connectivity index (χ3v) is 10.1. The molecular formula is C35H37Cl2N3O5S. The van der Waals surface area contributed by atoms with Crippen LogP contribution < -0.4 is 14.4 Å². The van der Waals surface area contributed by atoms with Gasteiger partial charge in [0.1, 0.15) is 18.3 Å². The summed E-state index contributed by atoms with van der Waals surface area (Å²) < 4.78 is 34.5. The van der Waals surface area contributed by atoms with Crippen LogP contribution in [0.15, 0.2) is 108 Å². The molecule has 0 aliphatic heterocycles. The number of methoxy groups -OCH3 is 1. The van der Waals surface area contributed by atoms with Gasteiger partial charge in [-0.1, -0.05) is 84.7 Å². The second-order valence-electron chi connectivity index (χ2n) is 10.8. The fraction of sp³-hybridized carbons (Fsp3) is 0.257. The lowest BCUT2D eigenvalue weighted by Crippen LogP contribution is -2.54. The molecule has 0 unspecified atom stereocenters. The fourth-order valence-corrected chi connectivity index (χ4v) is 6.58.